The van der Waals surface area contributed by atoms with Crippen molar-refractivity contribution >= 4 is 23.2 Å². The van der Waals surface area contributed by atoms with Crippen molar-refractivity contribution in [1.29, 1.82) is 0 Å². The second kappa shape index (κ2) is 8.32. The Morgan fingerprint density at radius 1 is 0.852 bits per heavy atom. The first-order chi connectivity index (χ1) is 13.1. The molecule has 0 aliphatic rings. The quantitative estimate of drug-likeness (QED) is 0.704. The summed E-state index contributed by atoms with van der Waals surface area (Å²) < 4.78 is 0. The number of hydrogen-bond donors (Lipinski definition) is 1. The normalized spacial score (nSPS) is 10.3. The first-order valence-electron chi connectivity index (χ1n) is 8.93. The van der Waals surface area contributed by atoms with Crippen LogP contribution in [0.5, 0.6) is 0 Å². The van der Waals surface area contributed by atoms with Gasteiger partial charge in [0.25, 0.3) is 11.8 Å². The summed E-state index contributed by atoms with van der Waals surface area (Å²) >= 11 is 0. The summed E-state index contributed by atoms with van der Waals surface area (Å²) in [5.74, 6) is -0.288. The molecule has 136 valence electrons. The van der Waals surface area contributed by atoms with Crippen molar-refractivity contribution in [2.24, 2.45) is 0 Å². The van der Waals surface area contributed by atoms with Gasteiger partial charge in [0.2, 0.25) is 0 Å². The van der Waals surface area contributed by atoms with Gasteiger partial charge in [-0.1, -0.05) is 30.3 Å². The highest BCUT2D eigenvalue weighted by Gasteiger charge is 2.16. The van der Waals surface area contributed by atoms with E-state index in [4.69, 9.17) is 0 Å². The number of para-hydroxylation sites is 1. The van der Waals surface area contributed by atoms with Crippen LogP contribution in [0, 0.1) is 6.92 Å². The maximum absolute atomic E-state index is 12.8. The molecule has 27 heavy (non-hydrogen) atoms. The highest BCUT2D eigenvalue weighted by molar-refractivity contribution is 6.08. The smallest absolute Gasteiger partial charge is 0.258 e. The third-order valence-corrected chi connectivity index (χ3v) is 4.30. The van der Waals surface area contributed by atoms with Crippen molar-refractivity contribution in [3.8, 4) is 0 Å². The van der Waals surface area contributed by atoms with Gasteiger partial charge < -0.3 is 10.2 Å². The van der Waals surface area contributed by atoms with Crippen LogP contribution in [-0.2, 0) is 0 Å². The number of anilines is 2. The summed E-state index contributed by atoms with van der Waals surface area (Å²) in [7, 11) is 0. The van der Waals surface area contributed by atoms with Crippen molar-refractivity contribution in [2.45, 2.75) is 13.8 Å². The number of benzene rings is 3. The van der Waals surface area contributed by atoms with Crippen LogP contribution in [0.1, 0.15) is 33.2 Å². The fourth-order valence-electron chi connectivity index (χ4n) is 2.90. The van der Waals surface area contributed by atoms with Crippen LogP contribution in [0.4, 0.5) is 11.4 Å². The number of nitrogens with zero attached hydrogens (tertiary/aromatic N) is 1. The Bertz CT molecular complexity index is 934. The fourth-order valence-corrected chi connectivity index (χ4v) is 2.90. The van der Waals surface area contributed by atoms with E-state index in [1.807, 2.05) is 68.4 Å². The van der Waals surface area contributed by atoms with Gasteiger partial charge in [0.1, 0.15) is 0 Å². The van der Waals surface area contributed by atoms with E-state index in [1.54, 1.807) is 29.2 Å². The van der Waals surface area contributed by atoms with E-state index in [1.165, 1.54) is 0 Å². The number of aryl methyl sites for hydroxylation is 1. The van der Waals surface area contributed by atoms with Gasteiger partial charge in [-0.25, -0.2) is 0 Å². The highest BCUT2D eigenvalue weighted by atomic mass is 16.2. The fraction of sp³-hybridized carbons (Fsp3) is 0.130. The minimum atomic E-state index is -0.199. The van der Waals surface area contributed by atoms with Gasteiger partial charge in [0.15, 0.2) is 0 Å². The molecule has 0 atom stereocenters. The topological polar surface area (TPSA) is 49.4 Å². The zero-order chi connectivity index (χ0) is 19.2. The van der Waals surface area contributed by atoms with Gasteiger partial charge in [-0.05, 0) is 67.9 Å². The molecular formula is C23H22N2O2. The maximum atomic E-state index is 12.8. The molecule has 0 unspecified atom stereocenters. The molecular weight excluding hydrogens is 336 g/mol. The molecule has 0 spiro atoms. The van der Waals surface area contributed by atoms with Gasteiger partial charge in [0, 0.05) is 29.0 Å². The predicted molar refractivity (Wildman–Crippen MR) is 109 cm³/mol. The molecule has 0 saturated carbocycles. The Morgan fingerprint density at radius 2 is 1.52 bits per heavy atom. The predicted octanol–water partition coefficient (Wildman–Crippen LogP) is 4.91. The Labute approximate surface area is 159 Å². The highest BCUT2D eigenvalue weighted by Crippen LogP contribution is 2.18. The number of carbonyl (C=O) groups is 2. The SMILES string of the molecule is CCN(C(=O)c1ccc(C(=O)Nc2cccc(C)c2)cc1)c1ccccc1. The molecule has 1 N–H and O–H groups in total. The molecule has 0 aromatic heterocycles. The third kappa shape index (κ3) is 4.42. The van der Waals surface area contributed by atoms with Crippen LogP contribution < -0.4 is 10.2 Å². The second-order valence-corrected chi connectivity index (χ2v) is 6.29. The molecule has 4 heteroatoms. The molecule has 0 radical (unpaired) electrons. The molecule has 4 nitrogen and oxygen atoms in total. The molecule has 0 bridgehead atoms. The van der Waals surface area contributed by atoms with E-state index in [0.717, 1.165) is 16.9 Å². The summed E-state index contributed by atoms with van der Waals surface area (Å²) in [6.07, 6.45) is 0. The lowest BCUT2D eigenvalue weighted by atomic mass is 10.1. The summed E-state index contributed by atoms with van der Waals surface area (Å²) in [6, 6.07) is 23.9. The lowest BCUT2D eigenvalue weighted by Crippen LogP contribution is -2.30. The molecule has 0 saturated heterocycles. The van der Waals surface area contributed by atoms with Crippen LogP contribution in [-0.4, -0.2) is 18.4 Å². The number of rotatable bonds is 5. The van der Waals surface area contributed by atoms with Crippen LogP contribution in [0.3, 0.4) is 0 Å². The number of amides is 2. The molecule has 3 aromatic rings. The van der Waals surface area contributed by atoms with Gasteiger partial charge in [0.05, 0.1) is 0 Å². The molecule has 0 aliphatic carbocycles. The van der Waals surface area contributed by atoms with E-state index in [0.29, 0.717) is 17.7 Å². The van der Waals surface area contributed by atoms with Crippen molar-refractivity contribution in [3.63, 3.8) is 0 Å². The van der Waals surface area contributed by atoms with E-state index >= 15 is 0 Å². The maximum Gasteiger partial charge on any atom is 0.258 e. The van der Waals surface area contributed by atoms with Crippen LogP contribution in [0.15, 0.2) is 78.9 Å². The molecule has 0 aliphatic heterocycles. The minimum Gasteiger partial charge on any atom is -0.322 e. The zero-order valence-electron chi connectivity index (χ0n) is 15.5. The monoisotopic (exact) mass is 358 g/mol. The van der Waals surface area contributed by atoms with Crippen LogP contribution >= 0.6 is 0 Å². The van der Waals surface area contributed by atoms with Gasteiger partial charge in [-0.2, -0.15) is 0 Å². The van der Waals surface area contributed by atoms with Crippen molar-refractivity contribution < 1.29 is 9.59 Å². The zero-order valence-corrected chi connectivity index (χ0v) is 15.5. The second-order valence-electron chi connectivity index (χ2n) is 6.29. The summed E-state index contributed by atoms with van der Waals surface area (Å²) in [6.45, 7) is 4.48. The number of hydrogen-bond acceptors (Lipinski definition) is 2. The third-order valence-electron chi connectivity index (χ3n) is 4.30. The summed E-state index contributed by atoms with van der Waals surface area (Å²) in [5, 5.41) is 2.87. The Balaban J connectivity index is 1.74. The van der Waals surface area contributed by atoms with E-state index in [-0.39, 0.29) is 11.8 Å². The first-order valence-corrected chi connectivity index (χ1v) is 8.93. The Morgan fingerprint density at radius 3 is 2.15 bits per heavy atom. The van der Waals surface area contributed by atoms with Crippen LogP contribution in [0.2, 0.25) is 0 Å². The standard InChI is InChI=1S/C23H22N2O2/c1-3-25(21-10-5-4-6-11-21)23(27)19-14-12-18(13-15-19)22(26)24-20-9-7-8-17(2)16-20/h4-16H,3H2,1-2H3,(H,24,26). The van der Waals surface area contributed by atoms with Gasteiger partial charge in [-0.3, -0.25) is 9.59 Å². The lowest BCUT2D eigenvalue weighted by molar-refractivity contribution is 0.0985. The Kier molecular flexibility index (Phi) is 5.67. The minimum absolute atomic E-state index is 0.0886. The molecule has 0 heterocycles. The first kappa shape index (κ1) is 18.4. The van der Waals surface area contributed by atoms with E-state index < -0.39 is 0 Å². The molecule has 0 fully saturated rings. The number of carbonyl (C=O) groups excluding carboxylic acids is 2. The number of nitrogens with one attached hydrogen (secondary N) is 1. The Hall–Kier alpha value is -3.40. The van der Waals surface area contributed by atoms with E-state index in [9.17, 15) is 9.59 Å². The van der Waals surface area contributed by atoms with Gasteiger partial charge in [-0.15, -0.1) is 0 Å². The van der Waals surface area contributed by atoms with Crippen molar-refractivity contribution in [3.05, 3.63) is 95.6 Å². The average molecular weight is 358 g/mol. The van der Waals surface area contributed by atoms with Gasteiger partial charge >= 0.3 is 0 Å². The van der Waals surface area contributed by atoms with Crippen LogP contribution in [0.25, 0.3) is 0 Å². The molecule has 3 rings (SSSR count). The largest absolute Gasteiger partial charge is 0.322 e. The van der Waals surface area contributed by atoms with E-state index in [2.05, 4.69) is 5.32 Å². The summed E-state index contributed by atoms with van der Waals surface area (Å²) in [5.41, 5.74) is 3.74. The molecule has 2 amide bonds. The summed E-state index contributed by atoms with van der Waals surface area (Å²) in [4.78, 5) is 26.9. The van der Waals surface area contributed by atoms with Crippen molar-refractivity contribution in [2.75, 3.05) is 16.8 Å². The lowest BCUT2D eigenvalue weighted by Gasteiger charge is -2.21. The van der Waals surface area contributed by atoms with Crippen molar-refractivity contribution in [1.82, 2.24) is 0 Å². The average Bonchev–Trinajstić information content (AvgIpc) is 2.69. The molecule has 3 aromatic carbocycles.